The Hall–Kier alpha value is -3.13. The van der Waals surface area contributed by atoms with Crippen LogP contribution in [0.25, 0.3) is 11.4 Å². The lowest BCUT2D eigenvalue weighted by Crippen LogP contribution is -1.89. The predicted octanol–water partition coefficient (Wildman–Crippen LogP) is 4.57. The van der Waals surface area contributed by atoms with Crippen LogP contribution in [0, 0.1) is 0 Å². The largest absolute Gasteiger partial charge is 0.497 e. The number of hydrogen-bond donors (Lipinski definition) is 0. The molecule has 0 saturated heterocycles. The Labute approximate surface area is 172 Å². The number of methoxy groups -OCH3 is 1. The van der Waals surface area contributed by atoms with Gasteiger partial charge in [-0.3, -0.25) is 0 Å². The lowest BCUT2D eigenvalue weighted by atomic mass is 10.1. The van der Waals surface area contributed by atoms with E-state index in [1.807, 2.05) is 36.4 Å². The summed E-state index contributed by atoms with van der Waals surface area (Å²) in [4.78, 5) is 4.44. The van der Waals surface area contributed by atoms with E-state index < -0.39 is 0 Å². The van der Waals surface area contributed by atoms with Gasteiger partial charge in [-0.25, -0.2) is 0 Å². The zero-order valence-corrected chi connectivity index (χ0v) is 17.0. The van der Waals surface area contributed by atoms with E-state index in [9.17, 15) is 0 Å². The maximum Gasteiger partial charge on any atom is 0.277 e. The molecule has 4 aromatic rings. The zero-order chi connectivity index (χ0) is 20.1. The molecule has 0 aliphatic rings. The summed E-state index contributed by atoms with van der Waals surface area (Å²) in [6.07, 6.45) is 1.56. The van der Waals surface area contributed by atoms with Crippen molar-refractivity contribution in [3.8, 4) is 17.1 Å². The maximum absolute atomic E-state index is 5.70. The summed E-state index contributed by atoms with van der Waals surface area (Å²) in [7, 11) is 1.64. The van der Waals surface area contributed by atoms with E-state index in [-0.39, 0.29) is 0 Å². The van der Waals surface area contributed by atoms with E-state index in [1.165, 1.54) is 17.3 Å². The van der Waals surface area contributed by atoms with Crippen LogP contribution in [-0.4, -0.2) is 27.4 Å². The Bertz CT molecular complexity index is 1060. The van der Waals surface area contributed by atoms with Gasteiger partial charge in [0, 0.05) is 5.56 Å². The Balaban J connectivity index is 1.34. The van der Waals surface area contributed by atoms with Crippen LogP contribution in [0.2, 0.25) is 0 Å². The summed E-state index contributed by atoms with van der Waals surface area (Å²) in [5, 5.41) is 12.7. The normalized spacial score (nSPS) is 11.0. The highest BCUT2D eigenvalue weighted by Crippen LogP contribution is 2.24. The smallest absolute Gasteiger partial charge is 0.277 e. The van der Waals surface area contributed by atoms with Gasteiger partial charge in [0.05, 0.1) is 19.3 Å². The van der Waals surface area contributed by atoms with Gasteiger partial charge in [0.25, 0.3) is 5.22 Å². The molecular formula is C21H20N4O3S. The number of nitrogens with zero attached hydrogens (tertiary/aromatic N) is 4. The monoisotopic (exact) mass is 408 g/mol. The first-order valence-electron chi connectivity index (χ1n) is 9.23. The first-order valence-corrected chi connectivity index (χ1v) is 10.2. The van der Waals surface area contributed by atoms with Crippen molar-refractivity contribution in [1.82, 2.24) is 20.3 Å². The van der Waals surface area contributed by atoms with E-state index in [0.717, 1.165) is 23.3 Å². The topological polar surface area (TPSA) is 87.1 Å². The summed E-state index contributed by atoms with van der Waals surface area (Å²) in [6, 6.07) is 15.9. The molecule has 7 nitrogen and oxygen atoms in total. The molecule has 0 N–H and O–H groups in total. The number of thioether (sulfide) groups is 1. The SMILES string of the molecule is CCc1ccc(-c2noc(CSc3nnc(Cc4ccc(OC)cc4)o3)n2)cc1. The van der Waals surface area contributed by atoms with Crippen molar-refractivity contribution >= 4 is 11.8 Å². The summed E-state index contributed by atoms with van der Waals surface area (Å²) in [6.45, 7) is 2.12. The van der Waals surface area contributed by atoms with Crippen LogP contribution in [0.3, 0.4) is 0 Å². The van der Waals surface area contributed by atoms with E-state index >= 15 is 0 Å². The molecule has 2 heterocycles. The molecule has 2 aromatic carbocycles. The lowest BCUT2D eigenvalue weighted by Gasteiger charge is -2.00. The average Bonchev–Trinajstić information content (AvgIpc) is 3.42. The lowest BCUT2D eigenvalue weighted by molar-refractivity contribution is 0.389. The van der Waals surface area contributed by atoms with Crippen molar-refractivity contribution < 1.29 is 13.7 Å². The van der Waals surface area contributed by atoms with Crippen molar-refractivity contribution in [3.05, 3.63) is 71.4 Å². The number of hydrogen-bond acceptors (Lipinski definition) is 8. The second-order valence-corrected chi connectivity index (χ2v) is 7.26. The van der Waals surface area contributed by atoms with Crippen LogP contribution >= 0.6 is 11.8 Å². The third-order valence-electron chi connectivity index (χ3n) is 4.37. The van der Waals surface area contributed by atoms with Gasteiger partial charge in [0.15, 0.2) is 0 Å². The number of aryl methyl sites for hydroxylation is 1. The minimum absolute atomic E-state index is 0.463. The molecule has 0 fully saturated rings. The molecule has 0 amide bonds. The Morgan fingerprint density at radius 1 is 0.931 bits per heavy atom. The Morgan fingerprint density at radius 2 is 1.69 bits per heavy atom. The summed E-state index contributed by atoms with van der Waals surface area (Å²) in [5.41, 5.74) is 3.28. The van der Waals surface area contributed by atoms with Gasteiger partial charge >= 0.3 is 0 Å². The fourth-order valence-electron chi connectivity index (χ4n) is 2.73. The fraction of sp³-hybridized carbons (Fsp3) is 0.238. The van der Waals surface area contributed by atoms with Crippen molar-refractivity contribution in [2.24, 2.45) is 0 Å². The van der Waals surface area contributed by atoms with Gasteiger partial charge < -0.3 is 13.7 Å². The molecule has 148 valence electrons. The second kappa shape index (κ2) is 8.91. The minimum atomic E-state index is 0.463. The standard InChI is InChI=1S/C21H20N4O3S/c1-3-14-4-8-16(9-5-14)20-22-19(28-25-20)13-29-21-24-23-18(27-21)12-15-6-10-17(26-2)11-7-15/h4-11H,3,12-13H2,1-2H3. The Morgan fingerprint density at radius 3 is 2.41 bits per heavy atom. The molecule has 0 bridgehead atoms. The molecule has 4 rings (SSSR count). The van der Waals surface area contributed by atoms with Gasteiger partial charge in [-0.1, -0.05) is 60.2 Å². The molecule has 2 aromatic heterocycles. The highest BCUT2D eigenvalue weighted by Gasteiger charge is 2.12. The van der Waals surface area contributed by atoms with Gasteiger partial charge in [0.2, 0.25) is 17.6 Å². The van der Waals surface area contributed by atoms with Crippen molar-refractivity contribution in [3.63, 3.8) is 0 Å². The van der Waals surface area contributed by atoms with Crippen LogP contribution in [0.1, 0.15) is 29.8 Å². The number of benzene rings is 2. The Kier molecular flexibility index (Phi) is 5.90. The first-order chi connectivity index (χ1) is 14.2. The van der Waals surface area contributed by atoms with Gasteiger partial charge in [-0.15, -0.1) is 10.2 Å². The third-order valence-corrected chi connectivity index (χ3v) is 5.17. The summed E-state index contributed by atoms with van der Waals surface area (Å²) < 4.78 is 16.2. The van der Waals surface area contributed by atoms with Crippen molar-refractivity contribution in [2.45, 2.75) is 30.7 Å². The molecule has 0 unspecified atom stereocenters. The van der Waals surface area contributed by atoms with Crippen LogP contribution in [0.4, 0.5) is 0 Å². The third kappa shape index (κ3) is 4.83. The first kappa shape index (κ1) is 19.2. The maximum atomic E-state index is 5.70. The van der Waals surface area contributed by atoms with E-state index in [1.54, 1.807) is 7.11 Å². The van der Waals surface area contributed by atoms with Gasteiger partial charge in [0.1, 0.15) is 5.75 Å². The van der Waals surface area contributed by atoms with E-state index in [4.69, 9.17) is 13.7 Å². The molecule has 0 saturated carbocycles. The summed E-state index contributed by atoms with van der Waals surface area (Å²) in [5.74, 6) is 2.92. The number of rotatable bonds is 8. The van der Waals surface area contributed by atoms with Gasteiger partial charge in [-0.05, 0) is 29.7 Å². The highest BCUT2D eigenvalue weighted by atomic mass is 32.2. The van der Waals surface area contributed by atoms with E-state index in [2.05, 4.69) is 39.4 Å². The molecule has 0 aliphatic carbocycles. The fourth-order valence-corrected chi connectivity index (χ4v) is 3.35. The molecule has 0 aliphatic heterocycles. The molecular weight excluding hydrogens is 388 g/mol. The molecule has 29 heavy (non-hydrogen) atoms. The number of ether oxygens (including phenoxy) is 1. The predicted molar refractivity (Wildman–Crippen MR) is 109 cm³/mol. The van der Waals surface area contributed by atoms with Crippen LogP contribution in [0.5, 0.6) is 5.75 Å². The molecule has 0 atom stereocenters. The van der Waals surface area contributed by atoms with Crippen molar-refractivity contribution in [2.75, 3.05) is 7.11 Å². The van der Waals surface area contributed by atoms with Crippen molar-refractivity contribution in [1.29, 1.82) is 0 Å². The van der Waals surface area contributed by atoms with E-state index in [0.29, 0.717) is 35.0 Å². The number of aromatic nitrogens is 4. The van der Waals surface area contributed by atoms with Crippen LogP contribution < -0.4 is 4.74 Å². The summed E-state index contributed by atoms with van der Waals surface area (Å²) >= 11 is 1.37. The second-order valence-electron chi connectivity index (χ2n) is 6.34. The van der Waals surface area contributed by atoms with Crippen LogP contribution in [-0.2, 0) is 18.6 Å². The highest BCUT2D eigenvalue weighted by molar-refractivity contribution is 7.98. The average molecular weight is 408 g/mol. The zero-order valence-electron chi connectivity index (χ0n) is 16.2. The molecule has 8 heteroatoms. The quantitative estimate of drug-likeness (QED) is 0.392. The van der Waals surface area contributed by atoms with Crippen LogP contribution in [0.15, 0.2) is 62.7 Å². The van der Waals surface area contributed by atoms with Gasteiger partial charge in [-0.2, -0.15) is 4.98 Å². The molecule has 0 radical (unpaired) electrons. The minimum Gasteiger partial charge on any atom is -0.497 e. The molecule has 0 spiro atoms.